The molecule has 4 aromatic rings. The normalized spacial score (nSPS) is 23.7. The summed E-state index contributed by atoms with van der Waals surface area (Å²) in [4.78, 5) is 27.4. The predicted molar refractivity (Wildman–Crippen MR) is 128 cm³/mol. The van der Waals surface area contributed by atoms with Crippen LogP contribution in [-0.2, 0) is 16.6 Å². The highest BCUT2D eigenvalue weighted by molar-refractivity contribution is 6.02. The Hall–Kier alpha value is -4.11. The van der Waals surface area contributed by atoms with Crippen LogP contribution in [0.15, 0.2) is 71.0 Å². The van der Waals surface area contributed by atoms with Crippen LogP contribution in [-0.4, -0.2) is 20.7 Å². The van der Waals surface area contributed by atoms with Crippen LogP contribution >= 0.6 is 0 Å². The number of para-hydroxylation sites is 1. The van der Waals surface area contributed by atoms with E-state index in [1.807, 2.05) is 55.5 Å². The minimum absolute atomic E-state index is 0.0611. The van der Waals surface area contributed by atoms with Crippen LogP contribution in [0.5, 0.6) is 0 Å². The van der Waals surface area contributed by atoms with Gasteiger partial charge >= 0.3 is 0 Å². The number of fused-ring (bicyclic) bond motifs is 4. The molecule has 6 rings (SSSR count). The largest absolute Gasteiger partial charge is 0.463 e. The molecule has 6 nitrogen and oxygen atoms in total. The van der Waals surface area contributed by atoms with Gasteiger partial charge in [-0.25, -0.2) is 9.97 Å². The zero-order chi connectivity index (χ0) is 23.4. The first-order valence-electron chi connectivity index (χ1n) is 11.5. The van der Waals surface area contributed by atoms with E-state index >= 15 is 0 Å². The Balaban J connectivity index is 1.67. The summed E-state index contributed by atoms with van der Waals surface area (Å²) in [5, 5.41) is 10.7. The first kappa shape index (κ1) is 20.5. The Morgan fingerprint density at radius 2 is 2.00 bits per heavy atom. The minimum Gasteiger partial charge on any atom is -0.463 e. The molecule has 2 aliphatic carbocycles. The number of rotatable bonds is 2. The van der Waals surface area contributed by atoms with Crippen LogP contribution in [0.25, 0.3) is 33.7 Å². The van der Waals surface area contributed by atoms with Gasteiger partial charge in [-0.1, -0.05) is 38.1 Å². The molecule has 0 aliphatic heterocycles. The molecule has 2 aliphatic rings. The molecule has 0 amide bonds. The lowest BCUT2D eigenvalue weighted by atomic mass is 9.57. The molecule has 0 bridgehead atoms. The number of allylic oxidation sites excluding steroid dienone is 2. The number of aromatic nitrogens is 3. The molecule has 34 heavy (non-hydrogen) atoms. The second-order valence-electron chi connectivity index (χ2n) is 9.33. The smallest absolute Gasteiger partial charge is 0.176 e. The standard InChI is InChI=1S/C28H22N4O2/c1-16-21-10-9-20-24(23-8-5-13-34-23)31-27(19-11-12-30-22-7-4-3-6-18(19)22)32-26(20)28(21,2)14-17(15-29)25(16)33/h3-8,11-14,16,21H,9-10H2,1-2H3/t16-,21-,28-/m1/s1. The lowest BCUT2D eigenvalue weighted by Crippen LogP contribution is -2.46. The number of Topliss-reactive ketones (excluding diaryl/α,β-unsaturated/α-hetero) is 1. The zero-order valence-corrected chi connectivity index (χ0v) is 18.9. The van der Waals surface area contributed by atoms with Crippen LogP contribution < -0.4 is 0 Å². The highest BCUT2D eigenvalue weighted by atomic mass is 16.3. The number of nitriles is 1. The van der Waals surface area contributed by atoms with Crippen molar-refractivity contribution in [3.8, 4) is 28.9 Å². The number of carbonyl (C=O) groups excluding carboxylic acids is 1. The van der Waals surface area contributed by atoms with Crippen molar-refractivity contribution >= 4 is 16.7 Å². The van der Waals surface area contributed by atoms with E-state index in [1.54, 1.807) is 12.5 Å². The Morgan fingerprint density at radius 3 is 2.79 bits per heavy atom. The van der Waals surface area contributed by atoms with E-state index in [9.17, 15) is 10.1 Å². The monoisotopic (exact) mass is 446 g/mol. The van der Waals surface area contributed by atoms with E-state index in [0.717, 1.165) is 46.3 Å². The number of hydrogen-bond acceptors (Lipinski definition) is 6. The molecule has 3 atom stereocenters. The third kappa shape index (κ3) is 2.87. The molecular weight excluding hydrogens is 424 g/mol. The van der Waals surface area contributed by atoms with Gasteiger partial charge in [0.25, 0.3) is 0 Å². The van der Waals surface area contributed by atoms with Gasteiger partial charge in [0.2, 0.25) is 0 Å². The molecule has 0 fully saturated rings. The van der Waals surface area contributed by atoms with E-state index in [0.29, 0.717) is 11.6 Å². The summed E-state index contributed by atoms with van der Waals surface area (Å²) < 4.78 is 5.79. The van der Waals surface area contributed by atoms with Crippen molar-refractivity contribution in [1.82, 2.24) is 15.0 Å². The van der Waals surface area contributed by atoms with Crippen molar-refractivity contribution in [1.29, 1.82) is 5.26 Å². The first-order chi connectivity index (χ1) is 16.5. The van der Waals surface area contributed by atoms with Crippen molar-refractivity contribution in [3.05, 3.63) is 77.8 Å². The van der Waals surface area contributed by atoms with Gasteiger partial charge in [-0.3, -0.25) is 9.78 Å². The summed E-state index contributed by atoms with van der Waals surface area (Å²) in [6.45, 7) is 4.04. The number of nitrogens with zero attached hydrogens (tertiary/aromatic N) is 4. The molecule has 6 heteroatoms. The van der Waals surface area contributed by atoms with E-state index < -0.39 is 5.41 Å². The quantitative estimate of drug-likeness (QED) is 0.407. The van der Waals surface area contributed by atoms with Gasteiger partial charge in [-0.2, -0.15) is 5.26 Å². The van der Waals surface area contributed by atoms with E-state index in [-0.39, 0.29) is 23.2 Å². The van der Waals surface area contributed by atoms with Gasteiger partial charge in [0.1, 0.15) is 11.8 Å². The number of benzene rings is 1. The zero-order valence-electron chi connectivity index (χ0n) is 18.9. The molecule has 0 radical (unpaired) electrons. The summed E-state index contributed by atoms with van der Waals surface area (Å²) in [5.41, 5.74) is 4.06. The summed E-state index contributed by atoms with van der Waals surface area (Å²) >= 11 is 0. The van der Waals surface area contributed by atoms with Gasteiger partial charge in [-0.15, -0.1) is 0 Å². The Kier molecular flexibility index (Phi) is 4.50. The van der Waals surface area contributed by atoms with Crippen molar-refractivity contribution in [2.45, 2.75) is 32.1 Å². The fourth-order valence-corrected chi connectivity index (χ4v) is 5.80. The number of hydrogen-bond donors (Lipinski definition) is 0. The van der Waals surface area contributed by atoms with Gasteiger partial charge in [0.05, 0.1) is 23.0 Å². The van der Waals surface area contributed by atoms with E-state index in [1.165, 1.54) is 0 Å². The third-order valence-electron chi connectivity index (χ3n) is 7.48. The molecule has 1 aromatic carbocycles. The highest BCUT2D eigenvalue weighted by Crippen LogP contribution is 2.51. The number of carbonyl (C=O) groups is 1. The first-order valence-corrected chi connectivity index (χ1v) is 11.5. The lowest BCUT2D eigenvalue weighted by Gasteiger charge is -2.45. The molecule has 166 valence electrons. The molecule has 0 unspecified atom stereocenters. The summed E-state index contributed by atoms with van der Waals surface area (Å²) in [6.07, 6.45) is 6.82. The topological polar surface area (TPSA) is 92.7 Å². The molecule has 0 saturated carbocycles. The van der Waals surface area contributed by atoms with Crippen molar-refractivity contribution in [3.63, 3.8) is 0 Å². The van der Waals surface area contributed by atoms with Crippen LogP contribution in [0.4, 0.5) is 0 Å². The summed E-state index contributed by atoms with van der Waals surface area (Å²) in [6, 6.07) is 15.8. The predicted octanol–water partition coefficient (Wildman–Crippen LogP) is 5.44. The molecule has 0 saturated heterocycles. The molecule has 0 spiro atoms. The van der Waals surface area contributed by atoms with E-state index in [2.05, 4.69) is 18.0 Å². The summed E-state index contributed by atoms with van der Waals surface area (Å²) in [7, 11) is 0. The maximum atomic E-state index is 12.8. The second-order valence-corrected chi connectivity index (χ2v) is 9.33. The maximum Gasteiger partial charge on any atom is 0.176 e. The Bertz CT molecular complexity index is 1520. The SMILES string of the molecule is C[C@H]1C(=O)C(C#N)=C[C@@]2(C)c3nc(-c4ccnc5ccccc45)nc(-c4ccco4)c3CC[C@H]12. The van der Waals surface area contributed by atoms with Crippen LogP contribution in [0.2, 0.25) is 0 Å². The molecule has 0 N–H and O–H groups in total. The van der Waals surface area contributed by atoms with Crippen LogP contribution in [0, 0.1) is 23.2 Å². The van der Waals surface area contributed by atoms with Crippen molar-refractivity contribution in [2.75, 3.05) is 0 Å². The van der Waals surface area contributed by atoms with Crippen molar-refractivity contribution < 1.29 is 9.21 Å². The maximum absolute atomic E-state index is 12.8. The average Bonchev–Trinajstić information content (AvgIpc) is 3.40. The lowest BCUT2D eigenvalue weighted by molar-refractivity contribution is -0.121. The molecular formula is C28H22N4O2. The molecule has 3 heterocycles. The van der Waals surface area contributed by atoms with Gasteiger partial charge in [0.15, 0.2) is 17.4 Å². The Labute approximate surface area is 197 Å². The number of furan rings is 1. The van der Waals surface area contributed by atoms with Crippen LogP contribution in [0.1, 0.15) is 31.5 Å². The number of ketones is 1. The highest BCUT2D eigenvalue weighted by Gasteiger charge is 2.49. The molecule has 3 aromatic heterocycles. The second kappa shape index (κ2) is 7.46. The fraction of sp³-hybridized carbons (Fsp3) is 0.250. The van der Waals surface area contributed by atoms with Gasteiger partial charge in [-0.05, 0) is 43.0 Å². The van der Waals surface area contributed by atoms with Crippen LogP contribution in [0.3, 0.4) is 0 Å². The third-order valence-corrected chi connectivity index (χ3v) is 7.48. The van der Waals surface area contributed by atoms with Gasteiger partial charge < -0.3 is 4.42 Å². The fourth-order valence-electron chi connectivity index (χ4n) is 5.80. The number of pyridine rings is 1. The minimum atomic E-state index is -0.562. The van der Waals surface area contributed by atoms with Crippen molar-refractivity contribution in [2.24, 2.45) is 11.8 Å². The van der Waals surface area contributed by atoms with Gasteiger partial charge in [0, 0.05) is 34.0 Å². The average molecular weight is 447 g/mol. The Morgan fingerprint density at radius 1 is 1.15 bits per heavy atom. The summed E-state index contributed by atoms with van der Waals surface area (Å²) in [5.74, 6) is 1.01. The van der Waals surface area contributed by atoms with E-state index in [4.69, 9.17) is 14.4 Å².